The topological polar surface area (TPSA) is 12.9 Å². The second kappa shape index (κ2) is 4.97. The van der Waals surface area contributed by atoms with Crippen molar-refractivity contribution in [1.29, 1.82) is 0 Å². The summed E-state index contributed by atoms with van der Waals surface area (Å²) in [5.41, 5.74) is 0.717. The van der Waals surface area contributed by atoms with Crippen molar-refractivity contribution in [3.63, 3.8) is 0 Å². The molecule has 1 heterocycles. The van der Waals surface area contributed by atoms with Gasteiger partial charge in [0.25, 0.3) is 6.43 Å². The normalized spacial score (nSPS) is 10.9. The summed E-state index contributed by atoms with van der Waals surface area (Å²) in [6.07, 6.45) is -2.47. The zero-order chi connectivity index (χ0) is 10.0. The first-order chi connectivity index (χ1) is 6.06. The number of hydrogen-bond acceptors (Lipinski definition) is 1. The molecule has 0 spiro atoms. The zero-order valence-corrected chi connectivity index (χ0v) is 11.5. The highest BCUT2D eigenvalue weighted by Gasteiger charge is 2.15. The monoisotopic (exact) mass is 425 g/mol. The second-order valence-electron chi connectivity index (χ2n) is 2.25. The lowest BCUT2D eigenvalue weighted by Gasteiger charge is -2.06. The van der Waals surface area contributed by atoms with E-state index in [1.807, 2.05) is 0 Å². The molecule has 0 N–H and O–H groups in total. The van der Waals surface area contributed by atoms with E-state index in [0.717, 1.165) is 5.56 Å². The molecule has 1 aromatic heterocycles. The van der Waals surface area contributed by atoms with E-state index in [0.29, 0.717) is 13.6 Å². The van der Waals surface area contributed by atoms with Gasteiger partial charge in [0.05, 0.1) is 5.56 Å². The van der Waals surface area contributed by atoms with Crippen molar-refractivity contribution in [1.82, 2.24) is 4.98 Å². The lowest BCUT2D eigenvalue weighted by molar-refractivity contribution is 0.149. The lowest BCUT2D eigenvalue weighted by Crippen LogP contribution is -1.97. The zero-order valence-electron chi connectivity index (χ0n) is 6.20. The number of rotatable bonds is 2. The summed E-state index contributed by atoms with van der Waals surface area (Å²) in [5, 5.41) is 0.511. The first kappa shape index (κ1) is 11.8. The SMILES string of the molecule is FC(F)c1cc(CBr)c(Br)nc1I. The van der Waals surface area contributed by atoms with Gasteiger partial charge in [-0.2, -0.15) is 0 Å². The van der Waals surface area contributed by atoms with Crippen LogP contribution in [0.3, 0.4) is 0 Å². The van der Waals surface area contributed by atoms with Gasteiger partial charge in [0, 0.05) is 5.33 Å². The summed E-state index contributed by atoms with van der Waals surface area (Å²) in [5.74, 6) is 0. The van der Waals surface area contributed by atoms with Gasteiger partial charge < -0.3 is 0 Å². The Hall–Kier alpha value is 0.700. The van der Waals surface area contributed by atoms with Crippen LogP contribution in [0.15, 0.2) is 10.7 Å². The van der Waals surface area contributed by atoms with E-state index in [4.69, 9.17) is 0 Å². The van der Waals surface area contributed by atoms with Crippen LogP contribution in [0.5, 0.6) is 0 Å². The molecule has 0 atom stereocenters. The Morgan fingerprint density at radius 1 is 1.54 bits per heavy atom. The molecular weight excluding hydrogens is 423 g/mol. The third-order valence-corrected chi connectivity index (χ3v) is 3.56. The molecule has 0 radical (unpaired) electrons. The number of halogens is 5. The van der Waals surface area contributed by atoms with E-state index in [1.165, 1.54) is 6.07 Å². The number of pyridine rings is 1. The molecule has 0 aromatic carbocycles. The summed E-state index contributed by atoms with van der Waals surface area (Å²) in [4.78, 5) is 3.96. The van der Waals surface area contributed by atoms with Crippen molar-refractivity contribution in [3.05, 3.63) is 25.5 Å². The van der Waals surface area contributed by atoms with Crippen LogP contribution in [0.2, 0.25) is 0 Å². The highest BCUT2D eigenvalue weighted by atomic mass is 127. The Labute approximate surface area is 105 Å². The molecule has 0 aliphatic carbocycles. The molecule has 0 aliphatic heterocycles. The average Bonchev–Trinajstić information content (AvgIpc) is 2.03. The minimum atomic E-state index is -2.47. The van der Waals surface area contributed by atoms with Gasteiger partial charge in [0.2, 0.25) is 0 Å². The molecular formula is C7H4Br2F2IN. The van der Waals surface area contributed by atoms with Crippen molar-refractivity contribution in [2.45, 2.75) is 11.8 Å². The molecule has 0 aliphatic rings. The number of nitrogens with zero attached hydrogens (tertiary/aromatic N) is 1. The maximum absolute atomic E-state index is 12.4. The van der Waals surface area contributed by atoms with Crippen LogP contribution in [0.1, 0.15) is 17.6 Å². The molecule has 1 rings (SSSR count). The maximum atomic E-state index is 12.4. The molecule has 0 saturated heterocycles. The van der Waals surface area contributed by atoms with Gasteiger partial charge in [-0.15, -0.1) is 0 Å². The Morgan fingerprint density at radius 3 is 2.62 bits per heavy atom. The van der Waals surface area contributed by atoms with E-state index in [-0.39, 0.29) is 5.56 Å². The molecule has 1 nitrogen and oxygen atoms in total. The third kappa shape index (κ3) is 2.82. The van der Waals surface area contributed by atoms with E-state index in [1.54, 1.807) is 22.6 Å². The van der Waals surface area contributed by atoms with E-state index in [9.17, 15) is 8.78 Å². The van der Waals surface area contributed by atoms with Gasteiger partial charge >= 0.3 is 0 Å². The third-order valence-electron chi connectivity index (χ3n) is 1.41. The standard InChI is InChI=1S/C7H4Br2F2IN/c8-2-3-1-4(6(10)11)7(12)13-5(3)9/h1,6H,2H2. The quantitative estimate of drug-likeness (QED) is 0.391. The maximum Gasteiger partial charge on any atom is 0.266 e. The van der Waals surface area contributed by atoms with E-state index < -0.39 is 6.43 Å². The van der Waals surface area contributed by atoms with Crippen LogP contribution in [0, 0.1) is 3.70 Å². The molecule has 13 heavy (non-hydrogen) atoms. The van der Waals surface area contributed by atoms with Gasteiger partial charge in [-0.1, -0.05) is 15.9 Å². The molecule has 1 aromatic rings. The summed E-state index contributed by atoms with van der Waals surface area (Å²) in [7, 11) is 0. The summed E-state index contributed by atoms with van der Waals surface area (Å²) in [6.45, 7) is 0. The first-order valence-electron chi connectivity index (χ1n) is 3.25. The Balaban J connectivity index is 3.22. The van der Waals surface area contributed by atoms with Crippen LogP contribution < -0.4 is 0 Å². The molecule has 0 saturated carbocycles. The fourth-order valence-electron chi connectivity index (χ4n) is 0.776. The number of alkyl halides is 3. The second-order valence-corrected chi connectivity index (χ2v) is 4.59. The molecule has 0 bridgehead atoms. The highest BCUT2D eigenvalue weighted by molar-refractivity contribution is 14.1. The number of hydrogen-bond donors (Lipinski definition) is 0. The van der Waals surface area contributed by atoms with Crippen molar-refractivity contribution < 1.29 is 8.78 Å². The number of aromatic nitrogens is 1. The molecule has 0 amide bonds. The van der Waals surface area contributed by atoms with Gasteiger partial charge in [-0.25, -0.2) is 13.8 Å². The van der Waals surface area contributed by atoms with Crippen molar-refractivity contribution in [2.75, 3.05) is 0 Å². The van der Waals surface area contributed by atoms with Crippen LogP contribution in [0.25, 0.3) is 0 Å². The predicted molar refractivity (Wildman–Crippen MR) is 62.2 cm³/mol. The molecule has 72 valence electrons. The van der Waals surface area contributed by atoms with Gasteiger partial charge in [0.15, 0.2) is 0 Å². The van der Waals surface area contributed by atoms with Crippen molar-refractivity contribution in [2.24, 2.45) is 0 Å². The fourth-order valence-corrected chi connectivity index (χ4v) is 2.98. The minimum Gasteiger partial charge on any atom is -0.234 e. The molecule has 6 heteroatoms. The Morgan fingerprint density at radius 2 is 2.15 bits per heavy atom. The van der Waals surface area contributed by atoms with Crippen LogP contribution in [-0.4, -0.2) is 4.98 Å². The van der Waals surface area contributed by atoms with Gasteiger partial charge in [0.1, 0.15) is 8.30 Å². The Bertz CT molecular complexity index is 320. The molecule has 0 fully saturated rings. The van der Waals surface area contributed by atoms with Gasteiger partial charge in [-0.3, -0.25) is 0 Å². The van der Waals surface area contributed by atoms with Crippen LogP contribution >= 0.6 is 54.5 Å². The van der Waals surface area contributed by atoms with Crippen molar-refractivity contribution >= 4 is 54.5 Å². The van der Waals surface area contributed by atoms with E-state index >= 15 is 0 Å². The first-order valence-corrected chi connectivity index (χ1v) is 6.24. The lowest BCUT2D eigenvalue weighted by atomic mass is 10.2. The highest BCUT2D eigenvalue weighted by Crippen LogP contribution is 2.28. The fraction of sp³-hybridized carbons (Fsp3) is 0.286. The van der Waals surface area contributed by atoms with E-state index in [2.05, 4.69) is 36.8 Å². The Kier molecular flexibility index (Phi) is 4.50. The van der Waals surface area contributed by atoms with Crippen molar-refractivity contribution in [3.8, 4) is 0 Å². The summed E-state index contributed by atoms with van der Waals surface area (Å²) < 4.78 is 25.7. The van der Waals surface area contributed by atoms with Crippen LogP contribution in [-0.2, 0) is 5.33 Å². The van der Waals surface area contributed by atoms with Crippen LogP contribution in [0.4, 0.5) is 8.78 Å². The van der Waals surface area contributed by atoms with Gasteiger partial charge in [-0.05, 0) is 50.2 Å². The largest absolute Gasteiger partial charge is 0.266 e. The molecule has 0 unspecified atom stereocenters. The smallest absolute Gasteiger partial charge is 0.234 e. The predicted octanol–water partition coefficient (Wildman–Crippen LogP) is 4.28. The minimum absolute atomic E-state index is 0.0155. The summed E-state index contributed by atoms with van der Waals surface area (Å²) >= 11 is 8.20. The summed E-state index contributed by atoms with van der Waals surface area (Å²) in [6, 6.07) is 1.46. The average molecular weight is 427 g/mol.